The second-order valence-corrected chi connectivity index (χ2v) is 7.32. The van der Waals surface area contributed by atoms with E-state index in [1.54, 1.807) is 6.07 Å². The maximum absolute atomic E-state index is 12.4. The minimum absolute atomic E-state index is 0.0359. The average Bonchev–Trinajstić information content (AvgIpc) is 2.86. The summed E-state index contributed by atoms with van der Waals surface area (Å²) in [5.41, 5.74) is 2.13. The van der Waals surface area contributed by atoms with Crippen molar-refractivity contribution in [2.24, 2.45) is 0 Å². The molecule has 2 aromatic carbocycles. The molecule has 114 valence electrons. The molecule has 0 atom stereocenters. The number of carbonyl (C=O) groups is 1. The summed E-state index contributed by atoms with van der Waals surface area (Å²) in [5.74, 6) is -0.0359. The highest BCUT2D eigenvalue weighted by molar-refractivity contribution is 7.89. The largest absolute Gasteiger partial charge is 0.294 e. The fourth-order valence-electron chi connectivity index (χ4n) is 2.50. The van der Waals surface area contributed by atoms with Crippen molar-refractivity contribution in [3.63, 3.8) is 0 Å². The number of rotatable bonds is 4. The summed E-state index contributed by atoms with van der Waals surface area (Å²) in [5, 5.41) is 0.147. The van der Waals surface area contributed by atoms with Gasteiger partial charge in [0.2, 0.25) is 10.0 Å². The number of halogens is 1. The first kappa shape index (κ1) is 15.2. The first-order valence-corrected chi connectivity index (χ1v) is 8.73. The van der Waals surface area contributed by atoms with Crippen molar-refractivity contribution in [1.82, 2.24) is 4.72 Å². The Hall–Kier alpha value is -1.69. The van der Waals surface area contributed by atoms with Gasteiger partial charge in [0.25, 0.3) is 0 Å². The van der Waals surface area contributed by atoms with Crippen LogP contribution in [0.4, 0.5) is 0 Å². The Morgan fingerprint density at radius 1 is 1.09 bits per heavy atom. The Bertz CT molecular complexity index is 832. The van der Waals surface area contributed by atoms with Crippen LogP contribution in [0.15, 0.2) is 47.4 Å². The summed E-state index contributed by atoms with van der Waals surface area (Å²) in [6.07, 6.45) is 1.03. The smallest absolute Gasteiger partial charge is 0.242 e. The van der Waals surface area contributed by atoms with Crippen LogP contribution in [-0.2, 0) is 23.0 Å². The molecule has 1 aliphatic carbocycles. The Balaban J connectivity index is 1.89. The summed E-state index contributed by atoms with van der Waals surface area (Å²) in [7, 11) is -3.77. The van der Waals surface area contributed by atoms with Gasteiger partial charge in [-0.15, -0.1) is 0 Å². The lowest BCUT2D eigenvalue weighted by Gasteiger charge is -2.10. The standard InChI is InChI=1S/C16H14ClNO3S/c17-14-8-12-6-7-15(19)13(12)9-16(14)22(20,21)18-10-11-4-2-1-3-5-11/h1-5,8-9,18H,6-7,10H2. The van der Waals surface area contributed by atoms with E-state index in [-0.39, 0.29) is 22.2 Å². The van der Waals surface area contributed by atoms with Crippen molar-refractivity contribution in [1.29, 1.82) is 0 Å². The lowest BCUT2D eigenvalue weighted by atomic mass is 10.1. The van der Waals surface area contributed by atoms with E-state index in [0.717, 1.165) is 11.1 Å². The van der Waals surface area contributed by atoms with Gasteiger partial charge in [0, 0.05) is 18.5 Å². The third-order valence-electron chi connectivity index (χ3n) is 3.68. The van der Waals surface area contributed by atoms with Crippen LogP contribution in [0.5, 0.6) is 0 Å². The highest BCUT2D eigenvalue weighted by Crippen LogP contribution is 2.30. The van der Waals surface area contributed by atoms with E-state index in [4.69, 9.17) is 11.6 Å². The van der Waals surface area contributed by atoms with Gasteiger partial charge in [-0.2, -0.15) is 0 Å². The van der Waals surface area contributed by atoms with Gasteiger partial charge in [0.05, 0.1) is 5.02 Å². The highest BCUT2D eigenvalue weighted by atomic mass is 35.5. The second-order valence-electron chi connectivity index (χ2n) is 5.17. The Morgan fingerprint density at radius 3 is 2.55 bits per heavy atom. The summed E-state index contributed by atoms with van der Waals surface area (Å²) in [4.78, 5) is 11.7. The molecule has 0 saturated carbocycles. The first-order chi connectivity index (χ1) is 10.5. The Kier molecular flexibility index (Phi) is 4.04. The van der Waals surface area contributed by atoms with E-state index >= 15 is 0 Å². The van der Waals surface area contributed by atoms with Crippen molar-refractivity contribution in [2.75, 3.05) is 0 Å². The van der Waals surface area contributed by atoms with Crippen LogP contribution in [0.2, 0.25) is 5.02 Å². The van der Waals surface area contributed by atoms with Crippen molar-refractivity contribution in [3.05, 3.63) is 64.2 Å². The molecule has 0 spiro atoms. The van der Waals surface area contributed by atoms with Gasteiger partial charge in [-0.05, 0) is 29.7 Å². The average molecular weight is 336 g/mol. The highest BCUT2D eigenvalue weighted by Gasteiger charge is 2.26. The molecule has 0 unspecified atom stereocenters. The maximum Gasteiger partial charge on any atom is 0.242 e. The molecule has 0 radical (unpaired) electrons. The van der Waals surface area contributed by atoms with Crippen molar-refractivity contribution in [2.45, 2.75) is 24.3 Å². The maximum atomic E-state index is 12.4. The predicted molar refractivity (Wildman–Crippen MR) is 84.6 cm³/mol. The lowest BCUT2D eigenvalue weighted by molar-refractivity contribution is 0.0994. The normalized spacial score (nSPS) is 14.1. The van der Waals surface area contributed by atoms with Gasteiger partial charge in [-0.25, -0.2) is 13.1 Å². The number of aryl methyl sites for hydroxylation is 1. The molecule has 0 amide bonds. The van der Waals surface area contributed by atoms with E-state index in [0.29, 0.717) is 18.4 Å². The zero-order chi connectivity index (χ0) is 15.7. The van der Waals surface area contributed by atoms with Crippen LogP contribution < -0.4 is 4.72 Å². The van der Waals surface area contributed by atoms with Gasteiger partial charge in [-0.1, -0.05) is 41.9 Å². The van der Waals surface area contributed by atoms with Crippen molar-refractivity contribution >= 4 is 27.4 Å². The van der Waals surface area contributed by atoms with Crippen molar-refractivity contribution < 1.29 is 13.2 Å². The fourth-order valence-corrected chi connectivity index (χ4v) is 4.09. The minimum atomic E-state index is -3.77. The fraction of sp³-hybridized carbons (Fsp3) is 0.188. The molecule has 3 rings (SSSR count). The van der Waals surface area contributed by atoms with E-state index < -0.39 is 10.0 Å². The molecule has 0 fully saturated rings. The third-order valence-corrected chi connectivity index (χ3v) is 5.54. The van der Waals surface area contributed by atoms with Crippen LogP contribution in [0.25, 0.3) is 0 Å². The van der Waals surface area contributed by atoms with Gasteiger partial charge in [0.15, 0.2) is 5.78 Å². The van der Waals surface area contributed by atoms with Crippen LogP contribution >= 0.6 is 11.6 Å². The van der Waals surface area contributed by atoms with E-state index in [2.05, 4.69) is 4.72 Å². The second kappa shape index (κ2) is 5.83. The molecule has 1 N–H and O–H groups in total. The number of hydrogen-bond acceptors (Lipinski definition) is 3. The number of hydrogen-bond donors (Lipinski definition) is 1. The molecule has 2 aromatic rings. The van der Waals surface area contributed by atoms with Gasteiger partial charge in [0.1, 0.15) is 4.90 Å². The number of ketones is 1. The minimum Gasteiger partial charge on any atom is -0.294 e. The topological polar surface area (TPSA) is 63.2 Å². The molecule has 0 bridgehead atoms. The Morgan fingerprint density at radius 2 is 1.82 bits per heavy atom. The van der Waals surface area contributed by atoms with Gasteiger partial charge in [-0.3, -0.25) is 4.79 Å². The zero-order valence-electron chi connectivity index (χ0n) is 11.7. The quantitative estimate of drug-likeness (QED) is 0.934. The van der Waals surface area contributed by atoms with Gasteiger partial charge >= 0.3 is 0 Å². The molecule has 4 nitrogen and oxygen atoms in total. The summed E-state index contributed by atoms with van der Waals surface area (Å²) >= 11 is 6.09. The number of Topliss-reactive ketones (excluding diaryl/α,β-unsaturated/α-hetero) is 1. The van der Waals surface area contributed by atoms with Crippen molar-refractivity contribution in [3.8, 4) is 0 Å². The summed E-state index contributed by atoms with van der Waals surface area (Å²) in [6.45, 7) is 0.171. The molecule has 1 aliphatic rings. The first-order valence-electron chi connectivity index (χ1n) is 6.86. The van der Waals surface area contributed by atoms with Crippen LogP contribution in [0.1, 0.15) is 27.9 Å². The van der Waals surface area contributed by atoms with Crippen LogP contribution in [-0.4, -0.2) is 14.2 Å². The molecule has 0 saturated heterocycles. The molecular formula is C16H14ClNO3S. The zero-order valence-corrected chi connectivity index (χ0v) is 13.2. The lowest BCUT2D eigenvalue weighted by Crippen LogP contribution is -2.23. The number of benzene rings is 2. The molecule has 0 aliphatic heterocycles. The van der Waals surface area contributed by atoms with E-state index in [9.17, 15) is 13.2 Å². The molecule has 0 aromatic heterocycles. The monoisotopic (exact) mass is 335 g/mol. The molecule has 6 heteroatoms. The molecular weight excluding hydrogens is 322 g/mol. The number of fused-ring (bicyclic) bond motifs is 1. The van der Waals surface area contributed by atoms with Crippen LogP contribution in [0, 0.1) is 0 Å². The Labute approximate surface area is 134 Å². The number of sulfonamides is 1. The van der Waals surface area contributed by atoms with Gasteiger partial charge < -0.3 is 0 Å². The molecule has 0 heterocycles. The predicted octanol–water partition coefficient (Wildman–Crippen LogP) is 2.95. The third kappa shape index (κ3) is 2.92. The number of carbonyl (C=O) groups excluding carboxylic acids is 1. The van der Waals surface area contributed by atoms with Crippen LogP contribution in [0.3, 0.4) is 0 Å². The molecule has 22 heavy (non-hydrogen) atoms. The van der Waals surface area contributed by atoms with E-state index in [1.807, 2.05) is 30.3 Å². The summed E-state index contributed by atoms with van der Waals surface area (Å²) < 4.78 is 27.4. The summed E-state index contributed by atoms with van der Waals surface area (Å²) in [6, 6.07) is 12.2. The SMILES string of the molecule is O=C1CCc2cc(Cl)c(S(=O)(=O)NCc3ccccc3)cc21. The van der Waals surface area contributed by atoms with E-state index in [1.165, 1.54) is 6.07 Å². The number of nitrogens with one attached hydrogen (secondary N) is 1.